The van der Waals surface area contributed by atoms with Crippen molar-refractivity contribution >= 4 is 17.4 Å². The standard InChI is InChI=1S/C13H19ClN2O/c1-9-4-3-7-16(10(9)2)13-6-5-11(14)12(8-17)15-13/h5-6,9-10,17H,3-4,7-8H2,1-2H3. The van der Waals surface area contributed by atoms with Crippen molar-refractivity contribution in [1.82, 2.24) is 4.98 Å². The average Bonchev–Trinajstić information content (AvgIpc) is 2.34. The summed E-state index contributed by atoms with van der Waals surface area (Å²) in [4.78, 5) is 6.75. The van der Waals surface area contributed by atoms with Crippen LogP contribution < -0.4 is 4.90 Å². The number of rotatable bonds is 2. The Morgan fingerprint density at radius 2 is 2.24 bits per heavy atom. The number of hydrogen-bond acceptors (Lipinski definition) is 3. The minimum Gasteiger partial charge on any atom is -0.390 e. The molecule has 94 valence electrons. The first-order chi connectivity index (χ1) is 8.13. The predicted molar refractivity (Wildman–Crippen MR) is 70.4 cm³/mol. The van der Waals surface area contributed by atoms with Crippen molar-refractivity contribution < 1.29 is 5.11 Å². The van der Waals surface area contributed by atoms with Gasteiger partial charge in [-0.2, -0.15) is 0 Å². The summed E-state index contributed by atoms with van der Waals surface area (Å²) < 4.78 is 0. The molecule has 1 N–H and O–H groups in total. The smallest absolute Gasteiger partial charge is 0.129 e. The third-order valence-electron chi connectivity index (χ3n) is 3.72. The van der Waals surface area contributed by atoms with E-state index in [1.807, 2.05) is 12.1 Å². The summed E-state index contributed by atoms with van der Waals surface area (Å²) in [6.07, 6.45) is 2.47. The zero-order valence-electron chi connectivity index (χ0n) is 10.4. The van der Waals surface area contributed by atoms with Crippen molar-refractivity contribution in [2.75, 3.05) is 11.4 Å². The van der Waals surface area contributed by atoms with Gasteiger partial charge < -0.3 is 10.0 Å². The summed E-state index contributed by atoms with van der Waals surface area (Å²) >= 11 is 5.96. The Morgan fingerprint density at radius 1 is 1.47 bits per heavy atom. The third-order valence-corrected chi connectivity index (χ3v) is 4.07. The number of piperidine rings is 1. The molecule has 3 nitrogen and oxygen atoms in total. The number of aromatic nitrogens is 1. The van der Waals surface area contributed by atoms with Crippen molar-refractivity contribution in [2.45, 2.75) is 39.3 Å². The summed E-state index contributed by atoms with van der Waals surface area (Å²) in [5.41, 5.74) is 0.564. The van der Waals surface area contributed by atoms with Gasteiger partial charge in [0.1, 0.15) is 5.82 Å². The first kappa shape index (κ1) is 12.7. The molecule has 1 aliphatic heterocycles. The number of halogens is 1. The van der Waals surface area contributed by atoms with Crippen LogP contribution in [0.5, 0.6) is 0 Å². The SMILES string of the molecule is CC1CCCN(c2ccc(Cl)c(CO)n2)C1C. The van der Waals surface area contributed by atoms with E-state index in [-0.39, 0.29) is 6.61 Å². The normalized spacial score (nSPS) is 25.1. The molecule has 0 aliphatic carbocycles. The summed E-state index contributed by atoms with van der Waals surface area (Å²) in [5, 5.41) is 9.73. The van der Waals surface area contributed by atoms with Crippen LogP contribution in [0.1, 0.15) is 32.4 Å². The number of anilines is 1. The lowest BCUT2D eigenvalue weighted by Crippen LogP contribution is -2.43. The van der Waals surface area contributed by atoms with Crippen LogP contribution in [0.3, 0.4) is 0 Å². The van der Waals surface area contributed by atoms with Gasteiger partial charge in [-0.15, -0.1) is 0 Å². The fourth-order valence-corrected chi connectivity index (χ4v) is 2.57. The Labute approximate surface area is 107 Å². The molecule has 1 aromatic heterocycles. The first-order valence-corrected chi connectivity index (χ1v) is 6.54. The van der Waals surface area contributed by atoms with Crippen molar-refractivity contribution in [3.8, 4) is 0 Å². The van der Waals surface area contributed by atoms with E-state index in [1.165, 1.54) is 12.8 Å². The second kappa shape index (κ2) is 5.23. The molecule has 2 heterocycles. The zero-order chi connectivity index (χ0) is 12.4. The zero-order valence-corrected chi connectivity index (χ0v) is 11.1. The predicted octanol–water partition coefficient (Wildman–Crippen LogP) is 2.85. The molecule has 1 fully saturated rings. The number of aliphatic hydroxyl groups excluding tert-OH is 1. The molecule has 0 spiro atoms. The number of pyridine rings is 1. The van der Waals surface area contributed by atoms with Crippen LogP contribution in [-0.2, 0) is 6.61 Å². The van der Waals surface area contributed by atoms with E-state index in [4.69, 9.17) is 11.6 Å². The quantitative estimate of drug-likeness (QED) is 0.882. The number of hydrogen-bond donors (Lipinski definition) is 1. The summed E-state index contributed by atoms with van der Waals surface area (Å²) in [5.74, 6) is 1.61. The molecule has 2 rings (SSSR count). The second-order valence-corrected chi connectivity index (χ2v) is 5.22. The van der Waals surface area contributed by atoms with E-state index >= 15 is 0 Å². The van der Waals surface area contributed by atoms with Gasteiger partial charge in [0.15, 0.2) is 0 Å². The molecule has 0 amide bonds. The maximum atomic E-state index is 9.19. The molecule has 0 bridgehead atoms. The van der Waals surface area contributed by atoms with Crippen molar-refractivity contribution in [2.24, 2.45) is 5.92 Å². The fourth-order valence-electron chi connectivity index (χ4n) is 2.40. The van der Waals surface area contributed by atoms with Crippen LogP contribution >= 0.6 is 11.6 Å². The van der Waals surface area contributed by atoms with Gasteiger partial charge >= 0.3 is 0 Å². The Hall–Kier alpha value is -0.800. The van der Waals surface area contributed by atoms with Crippen LogP contribution in [0.2, 0.25) is 5.02 Å². The third kappa shape index (κ3) is 2.55. The highest BCUT2D eigenvalue weighted by Crippen LogP contribution is 2.28. The molecule has 4 heteroatoms. The molecule has 2 unspecified atom stereocenters. The molecule has 2 atom stereocenters. The van der Waals surface area contributed by atoms with Crippen LogP contribution in [-0.4, -0.2) is 22.7 Å². The monoisotopic (exact) mass is 254 g/mol. The van der Waals surface area contributed by atoms with E-state index in [2.05, 4.69) is 23.7 Å². The first-order valence-electron chi connectivity index (χ1n) is 6.16. The fraction of sp³-hybridized carbons (Fsp3) is 0.615. The summed E-state index contributed by atoms with van der Waals surface area (Å²) in [6, 6.07) is 4.25. The van der Waals surface area contributed by atoms with Gasteiger partial charge in [-0.25, -0.2) is 4.98 Å². The van der Waals surface area contributed by atoms with E-state index < -0.39 is 0 Å². The van der Waals surface area contributed by atoms with Gasteiger partial charge in [0, 0.05) is 12.6 Å². The summed E-state index contributed by atoms with van der Waals surface area (Å²) in [6.45, 7) is 5.44. The Kier molecular flexibility index (Phi) is 3.89. The van der Waals surface area contributed by atoms with E-state index in [9.17, 15) is 5.11 Å². The number of nitrogens with zero attached hydrogens (tertiary/aromatic N) is 2. The minimum absolute atomic E-state index is 0.107. The van der Waals surface area contributed by atoms with Crippen LogP contribution in [0, 0.1) is 5.92 Å². The highest BCUT2D eigenvalue weighted by Gasteiger charge is 2.25. The van der Waals surface area contributed by atoms with Gasteiger partial charge in [0.25, 0.3) is 0 Å². The van der Waals surface area contributed by atoms with Gasteiger partial charge in [0.2, 0.25) is 0 Å². The van der Waals surface area contributed by atoms with Gasteiger partial charge in [-0.05, 0) is 37.8 Å². The van der Waals surface area contributed by atoms with Gasteiger partial charge in [-0.3, -0.25) is 0 Å². The lowest BCUT2D eigenvalue weighted by Gasteiger charge is -2.39. The van der Waals surface area contributed by atoms with Crippen LogP contribution in [0.4, 0.5) is 5.82 Å². The molecule has 1 saturated heterocycles. The maximum Gasteiger partial charge on any atom is 0.129 e. The van der Waals surface area contributed by atoms with Gasteiger partial charge in [-0.1, -0.05) is 18.5 Å². The number of aliphatic hydroxyl groups is 1. The molecular weight excluding hydrogens is 236 g/mol. The minimum atomic E-state index is -0.107. The van der Waals surface area contributed by atoms with Crippen molar-refractivity contribution in [3.63, 3.8) is 0 Å². The summed E-state index contributed by atoms with van der Waals surface area (Å²) in [7, 11) is 0. The molecule has 1 aliphatic rings. The molecule has 1 aromatic rings. The maximum absolute atomic E-state index is 9.19. The second-order valence-electron chi connectivity index (χ2n) is 4.81. The van der Waals surface area contributed by atoms with Crippen molar-refractivity contribution in [3.05, 3.63) is 22.8 Å². The largest absolute Gasteiger partial charge is 0.390 e. The van der Waals surface area contributed by atoms with E-state index in [0.29, 0.717) is 22.7 Å². The van der Waals surface area contributed by atoms with Crippen LogP contribution in [0.15, 0.2) is 12.1 Å². The molecule has 0 saturated carbocycles. The lowest BCUT2D eigenvalue weighted by molar-refractivity contribution is 0.276. The molecule has 17 heavy (non-hydrogen) atoms. The molecular formula is C13H19ClN2O. The average molecular weight is 255 g/mol. The Balaban J connectivity index is 2.27. The van der Waals surface area contributed by atoms with Crippen molar-refractivity contribution in [1.29, 1.82) is 0 Å². The Morgan fingerprint density at radius 3 is 2.94 bits per heavy atom. The van der Waals surface area contributed by atoms with E-state index in [0.717, 1.165) is 12.4 Å². The van der Waals surface area contributed by atoms with Crippen LogP contribution in [0.25, 0.3) is 0 Å². The highest BCUT2D eigenvalue weighted by atomic mass is 35.5. The lowest BCUT2D eigenvalue weighted by atomic mass is 9.92. The Bertz CT molecular complexity index is 397. The van der Waals surface area contributed by atoms with E-state index in [1.54, 1.807) is 0 Å². The topological polar surface area (TPSA) is 36.4 Å². The highest BCUT2D eigenvalue weighted by molar-refractivity contribution is 6.31. The molecule has 0 aromatic carbocycles. The molecule has 0 radical (unpaired) electrons. The van der Waals surface area contributed by atoms with Gasteiger partial charge in [0.05, 0.1) is 17.3 Å².